The van der Waals surface area contributed by atoms with E-state index < -0.39 is 0 Å². The van der Waals surface area contributed by atoms with E-state index in [1.54, 1.807) is 10.8 Å². The minimum Gasteiger partial charge on any atom is -0.355 e. The summed E-state index contributed by atoms with van der Waals surface area (Å²) in [6, 6.07) is 13.9. The lowest BCUT2D eigenvalue weighted by atomic mass is 10.0. The monoisotopic (exact) mass is 452 g/mol. The van der Waals surface area contributed by atoms with E-state index in [2.05, 4.69) is 29.4 Å². The zero-order chi connectivity index (χ0) is 21.8. The van der Waals surface area contributed by atoms with E-state index in [9.17, 15) is 9.59 Å². The Labute approximate surface area is 188 Å². The highest BCUT2D eigenvalue weighted by molar-refractivity contribution is 7.99. The Bertz CT molecular complexity index is 1270. The number of hydrogen-bond donors (Lipinski definition) is 1. The van der Waals surface area contributed by atoms with Gasteiger partial charge >= 0.3 is 0 Å². The van der Waals surface area contributed by atoms with Gasteiger partial charge in [-0.05, 0) is 30.0 Å². The summed E-state index contributed by atoms with van der Waals surface area (Å²) in [6.07, 6.45) is 2.61. The van der Waals surface area contributed by atoms with E-state index in [1.165, 1.54) is 23.1 Å². The second-order valence-electron chi connectivity index (χ2n) is 7.40. The maximum Gasteiger partial charge on any atom is 0.272 e. The van der Waals surface area contributed by atoms with Crippen LogP contribution in [0.4, 0.5) is 0 Å². The molecule has 3 aromatic heterocycles. The van der Waals surface area contributed by atoms with Crippen molar-refractivity contribution in [2.75, 3.05) is 12.3 Å². The van der Waals surface area contributed by atoms with Crippen LogP contribution in [0.3, 0.4) is 0 Å². The maximum absolute atomic E-state index is 13.5. The van der Waals surface area contributed by atoms with Crippen molar-refractivity contribution in [3.05, 3.63) is 64.6 Å². The third-order valence-corrected chi connectivity index (χ3v) is 7.11. The molecule has 0 fully saturated rings. The Balaban J connectivity index is 1.75. The molecule has 0 radical (unpaired) electrons. The van der Waals surface area contributed by atoms with Crippen LogP contribution in [0.15, 0.2) is 58.6 Å². The lowest BCUT2D eigenvalue weighted by Gasteiger charge is -2.17. The van der Waals surface area contributed by atoms with Crippen molar-refractivity contribution in [3.63, 3.8) is 0 Å². The lowest BCUT2D eigenvalue weighted by molar-refractivity contribution is -0.118. The third-order valence-electron chi connectivity index (χ3n) is 5.05. The van der Waals surface area contributed by atoms with Crippen molar-refractivity contribution >= 4 is 49.4 Å². The molecule has 1 aromatic carbocycles. The first-order valence-corrected chi connectivity index (χ1v) is 12.1. The van der Waals surface area contributed by atoms with Gasteiger partial charge in [0.1, 0.15) is 9.53 Å². The Morgan fingerprint density at radius 3 is 2.81 bits per heavy atom. The van der Waals surface area contributed by atoms with E-state index in [0.717, 1.165) is 22.2 Å². The van der Waals surface area contributed by atoms with Gasteiger partial charge in [0, 0.05) is 24.7 Å². The van der Waals surface area contributed by atoms with Gasteiger partial charge in [-0.1, -0.05) is 55.9 Å². The predicted molar refractivity (Wildman–Crippen MR) is 128 cm³/mol. The fourth-order valence-electron chi connectivity index (χ4n) is 3.42. The van der Waals surface area contributed by atoms with Crippen molar-refractivity contribution in [1.29, 1.82) is 0 Å². The first-order valence-electron chi connectivity index (χ1n) is 10.3. The minimum atomic E-state index is -0.0766. The number of nitrogens with one attached hydrogen (secondary N) is 1. The average Bonchev–Trinajstić information content (AvgIpc) is 3.17. The van der Waals surface area contributed by atoms with Crippen molar-refractivity contribution in [2.24, 2.45) is 0 Å². The van der Waals surface area contributed by atoms with Gasteiger partial charge in [0.2, 0.25) is 5.91 Å². The van der Waals surface area contributed by atoms with Crippen LogP contribution in [-0.2, 0) is 11.3 Å². The lowest BCUT2D eigenvalue weighted by Crippen LogP contribution is -2.28. The van der Waals surface area contributed by atoms with Gasteiger partial charge in [0.05, 0.1) is 11.3 Å². The van der Waals surface area contributed by atoms with Crippen LogP contribution in [-0.4, -0.2) is 32.7 Å². The van der Waals surface area contributed by atoms with Crippen LogP contribution < -0.4 is 10.9 Å². The Kier molecular flexibility index (Phi) is 6.67. The predicted octanol–water partition coefficient (Wildman–Crippen LogP) is 4.43. The second-order valence-corrected chi connectivity index (χ2v) is 9.34. The molecule has 0 spiro atoms. The fourth-order valence-corrected chi connectivity index (χ4v) is 5.28. The molecule has 4 aromatic rings. The molecule has 0 bridgehead atoms. The molecule has 1 unspecified atom stereocenters. The molecule has 3 heterocycles. The van der Waals surface area contributed by atoms with Gasteiger partial charge in [-0.15, -0.1) is 11.3 Å². The normalized spacial score (nSPS) is 12.3. The van der Waals surface area contributed by atoms with Crippen LogP contribution in [0.5, 0.6) is 0 Å². The standard InChI is InChI=1S/C23H24N4O2S2/c1-3-11-24-18(28)14-30-23-26-19-17-10-7-12-25-21(17)31-20(19)22(29)27(23)13-15(2)16-8-5-4-6-9-16/h4-10,12,15H,3,11,13-14H2,1-2H3,(H,24,28). The number of thiophene rings is 1. The molecule has 4 rings (SSSR count). The Hall–Kier alpha value is -2.71. The number of pyridine rings is 1. The summed E-state index contributed by atoms with van der Waals surface area (Å²) in [5.74, 6) is 0.289. The zero-order valence-electron chi connectivity index (χ0n) is 17.5. The van der Waals surface area contributed by atoms with Crippen molar-refractivity contribution in [1.82, 2.24) is 19.9 Å². The van der Waals surface area contributed by atoms with Crippen LogP contribution in [0.25, 0.3) is 20.4 Å². The molecule has 1 atom stereocenters. The molecule has 0 saturated carbocycles. The first-order chi connectivity index (χ1) is 15.1. The van der Waals surface area contributed by atoms with Gasteiger partial charge in [0.25, 0.3) is 5.56 Å². The molecule has 160 valence electrons. The average molecular weight is 453 g/mol. The molecule has 0 saturated heterocycles. The van der Waals surface area contributed by atoms with Gasteiger partial charge in [-0.3, -0.25) is 14.2 Å². The van der Waals surface area contributed by atoms with Crippen molar-refractivity contribution in [2.45, 2.75) is 37.9 Å². The van der Waals surface area contributed by atoms with E-state index in [4.69, 9.17) is 4.98 Å². The second kappa shape index (κ2) is 9.62. The van der Waals surface area contributed by atoms with E-state index in [0.29, 0.717) is 28.5 Å². The van der Waals surface area contributed by atoms with Crippen molar-refractivity contribution in [3.8, 4) is 0 Å². The molecule has 1 N–H and O–H groups in total. The number of amides is 1. The third kappa shape index (κ3) is 4.65. The Morgan fingerprint density at radius 1 is 1.23 bits per heavy atom. The highest BCUT2D eigenvalue weighted by Gasteiger charge is 2.19. The highest BCUT2D eigenvalue weighted by atomic mass is 32.2. The molecule has 0 aliphatic carbocycles. The SMILES string of the molecule is CCCNC(=O)CSc1nc2c(sc3ncccc32)c(=O)n1CC(C)c1ccccc1. The number of aromatic nitrogens is 3. The Morgan fingerprint density at radius 2 is 2.03 bits per heavy atom. The van der Waals surface area contributed by atoms with Gasteiger partial charge in [0.15, 0.2) is 5.16 Å². The topological polar surface area (TPSA) is 76.9 Å². The minimum absolute atomic E-state index is 0.0549. The van der Waals surface area contributed by atoms with Crippen LogP contribution >= 0.6 is 23.1 Å². The molecule has 8 heteroatoms. The summed E-state index contributed by atoms with van der Waals surface area (Å²) in [5, 5.41) is 4.32. The van der Waals surface area contributed by atoms with Gasteiger partial charge in [-0.2, -0.15) is 0 Å². The fraction of sp³-hybridized carbons (Fsp3) is 0.304. The van der Waals surface area contributed by atoms with Gasteiger partial charge in [-0.25, -0.2) is 9.97 Å². The number of fused-ring (bicyclic) bond motifs is 3. The van der Waals surface area contributed by atoms with Crippen LogP contribution in [0.2, 0.25) is 0 Å². The largest absolute Gasteiger partial charge is 0.355 e. The molecule has 0 aliphatic heterocycles. The quantitative estimate of drug-likeness (QED) is 0.316. The number of hydrogen-bond acceptors (Lipinski definition) is 6. The first kappa shape index (κ1) is 21.5. The molecule has 0 aliphatic rings. The maximum atomic E-state index is 13.5. The molecular formula is C23H24N4O2S2. The van der Waals surface area contributed by atoms with E-state index >= 15 is 0 Å². The highest BCUT2D eigenvalue weighted by Crippen LogP contribution is 2.31. The van der Waals surface area contributed by atoms with Crippen molar-refractivity contribution < 1.29 is 4.79 Å². The summed E-state index contributed by atoms with van der Waals surface area (Å²) in [4.78, 5) is 35.7. The molecule has 31 heavy (non-hydrogen) atoms. The molecular weight excluding hydrogens is 428 g/mol. The number of rotatable bonds is 8. The summed E-state index contributed by atoms with van der Waals surface area (Å²) in [7, 11) is 0. The summed E-state index contributed by atoms with van der Waals surface area (Å²) < 4.78 is 2.32. The summed E-state index contributed by atoms with van der Waals surface area (Å²) in [6.45, 7) is 5.25. The number of carbonyl (C=O) groups excluding carboxylic acids is 1. The van der Waals surface area contributed by atoms with Crippen LogP contribution in [0.1, 0.15) is 31.7 Å². The van der Waals surface area contributed by atoms with Gasteiger partial charge < -0.3 is 5.32 Å². The number of benzene rings is 1. The summed E-state index contributed by atoms with van der Waals surface area (Å²) >= 11 is 2.68. The van der Waals surface area contributed by atoms with Crippen LogP contribution in [0, 0.1) is 0 Å². The number of thioether (sulfide) groups is 1. The van der Waals surface area contributed by atoms with E-state index in [-0.39, 0.29) is 23.1 Å². The number of nitrogens with zero attached hydrogens (tertiary/aromatic N) is 3. The van der Waals surface area contributed by atoms with E-state index in [1.807, 2.05) is 37.3 Å². The number of carbonyl (C=O) groups is 1. The molecule has 6 nitrogen and oxygen atoms in total. The zero-order valence-corrected chi connectivity index (χ0v) is 19.1. The smallest absolute Gasteiger partial charge is 0.272 e. The molecule has 1 amide bonds. The summed E-state index contributed by atoms with van der Waals surface area (Å²) in [5.41, 5.74) is 1.74.